The lowest BCUT2D eigenvalue weighted by atomic mass is 10.0. The quantitative estimate of drug-likeness (QED) is 0.403. The molecule has 34 heavy (non-hydrogen) atoms. The molecule has 3 aromatic carbocycles. The van der Waals surface area contributed by atoms with E-state index in [4.69, 9.17) is 5.10 Å². The summed E-state index contributed by atoms with van der Waals surface area (Å²) >= 11 is 0. The molecule has 0 saturated heterocycles. The van der Waals surface area contributed by atoms with Gasteiger partial charge in [-0.15, -0.1) is 0 Å². The van der Waals surface area contributed by atoms with E-state index in [0.717, 1.165) is 22.4 Å². The van der Waals surface area contributed by atoms with E-state index in [1.807, 2.05) is 85.8 Å². The molecule has 0 radical (unpaired) electrons. The standard InChI is InChI=1S/C27H21N5O2/c1-18-8-5-6-13-22(18)26-23(17-32(31-26)21-11-3-2-4-12-21)27(34)28-20-10-7-9-19(16-20)24-14-15-25(33)30-29-24/h2-17H,1H3,(H,28,34)(H,30,33). The number of rotatable bonds is 5. The molecule has 0 aliphatic rings. The minimum atomic E-state index is -0.271. The second kappa shape index (κ2) is 8.99. The number of nitrogens with zero attached hydrogens (tertiary/aromatic N) is 3. The monoisotopic (exact) mass is 447 g/mol. The van der Waals surface area contributed by atoms with Crippen molar-refractivity contribution in [1.29, 1.82) is 0 Å². The predicted octanol–water partition coefficient (Wildman–Crippen LogP) is 4.85. The number of benzene rings is 3. The van der Waals surface area contributed by atoms with Crippen molar-refractivity contribution in [3.63, 3.8) is 0 Å². The van der Waals surface area contributed by atoms with Crippen LogP contribution in [-0.4, -0.2) is 25.9 Å². The zero-order chi connectivity index (χ0) is 23.5. The summed E-state index contributed by atoms with van der Waals surface area (Å²) in [5.41, 5.74) is 5.58. The van der Waals surface area contributed by atoms with Gasteiger partial charge in [0.05, 0.1) is 16.9 Å². The normalized spacial score (nSPS) is 10.7. The van der Waals surface area contributed by atoms with Crippen LogP contribution in [-0.2, 0) is 0 Å². The van der Waals surface area contributed by atoms with Crippen LogP contribution in [0.3, 0.4) is 0 Å². The van der Waals surface area contributed by atoms with Crippen LogP contribution in [0.5, 0.6) is 0 Å². The summed E-state index contributed by atoms with van der Waals surface area (Å²) in [5, 5.41) is 14.2. The van der Waals surface area contributed by atoms with E-state index < -0.39 is 0 Å². The van der Waals surface area contributed by atoms with Crippen LogP contribution in [0, 0.1) is 6.92 Å². The Hall–Kier alpha value is -4.78. The van der Waals surface area contributed by atoms with Gasteiger partial charge in [-0.05, 0) is 42.8 Å². The number of anilines is 1. The summed E-state index contributed by atoms with van der Waals surface area (Å²) in [7, 11) is 0. The van der Waals surface area contributed by atoms with Crippen LogP contribution in [0.15, 0.2) is 102 Å². The lowest BCUT2D eigenvalue weighted by Gasteiger charge is -2.08. The first-order valence-corrected chi connectivity index (χ1v) is 10.8. The van der Waals surface area contributed by atoms with E-state index in [1.54, 1.807) is 16.9 Å². The van der Waals surface area contributed by atoms with Crippen molar-refractivity contribution in [3.05, 3.63) is 119 Å². The van der Waals surface area contributed by atoms with Crippen molar-refractivity contribution in [2.75, 3.05) is 5.32 Å². The molecule has 5 aromatic rings. The maximum Gasteiger partial charge on any atom is 0.264 e. The van der Waals surface area contributed by atoms with E-state index >= 15 is 0 Å². The Morgan fingerprint density at radius 3 is 2.47 bits per heavy atom. The molecule has 7 nitrogen and oxygen atoms in total. The third-order valence-electron chi connectivity index (χ3n) is 5.48. The number of amides is 1. The Morgan fingerprint density at radius 2 is 1.71 bits per heavy atom. The third-order valence-corrected chi connectivity index (χ3v) is 5.48. The summed E-state index contributed by atoms with van der Waals surface area (Å²) in [6.45, 7) is 2.00. The van der Waals surface area contributed by atoms with E-state index in [9.17, 15) is 9.59 Å². The number of carbonyl (C=O) groups excluding carboxylic acids is 1. The van der Waals surface area contributed by atoms with Crippen molar-refractivity contribution in [2.45, 2.75) is 6.92 Å². The van der Waals surface area contributed by atoms with Gasteiger partial charge in [-0.25, -0.2) is 9.78 Å². The Bertz CT molecular complexity index is 1520. The number of nitrogens with one attached hydrogen (secondary N) is 2. The van der Waals surface area contributed by atoms with E-state index in [-0.39, 0.29) is 11.5 Å². The summed E-state index contributed by atoms with van der Waals surface area (Å²) in [5.74, 6) is -0.271. The molecule has 2 heterocycles. The highest BCUT2D eigenvalue weighted by Gasteiger charge is 2.20. The Morgan fingerprint density at radius 1 is 0.912 bits per heavy atom. The number of hydrogen-bond donors (Lipinski definition) is 2. The van der Waals surface area contributed by atoms with Crippen molar-refractivity contribution in [3.8, 4) is 28.2 Å². The van der Waals surface area contributed by atoms with Crippen LogP contribution < -0.4 is 10.9 Å². The fourth-order valence-corrected chi connectivity index (χ4v) is 3.75. The van der Waals surface area contributed by atoms with Gasteiger partial charge in [0.1, 0.15) is 5.69 Å². The molecule has 1 amide bonds. The van der Waals surface area contributed by atoms with Crippen molar-refractivity contribution in [2.24, 2.45) is 0 Å². The number of hydrogen-bond acceptors (Lipinski definition) is 4. The second-order valence-corrected chi connectivity index (χ2v) is 7.83. The molecular formula is C27H21N5O2. The van der Waals surface area contributed by atoms with Crippen molar-refractivity contribution < 1.29 is 4.79 Å². The highest BCUT2D eigenvalue weighted by atomic mass is 16.1. The molecule has 0 bridgehead atoms. The predicted molar refractivity (Wildman–Crippen MR) is 132 cm³/mol. The molecule has 5 rings (SSSR count). The number of aromatic nitrogens is 4. The highest BCUT2D eigenvalue weighted by Crippen LogP contribution is 2.28. The average molecular weight is 447 g/mol. The zero-order valence-electron chi connectivity index (χ0n) is 18.4. The number of carbonyl (C=O) groups is 1. The molecule has 0 saturated carbocycles. The molecule has 0 aliphatic carbocycles. The van der Waals surface area contributed by atoms with Gasteiger partial charge in [-0.2, -0.15) is 10.2 Å². The number of para-hydroxylation sites is 1. The fourth-order valence-electron chi connectivity index (χ4n) is 3.75. The summed E-state index contributed by atoms with van der Waals surface area (Å²) in [6, 6.07) is 27.9. The second-order valence-electron chi connectivity index (χ2n) is 7.83. The first-order chi connectivity index (χ1) is 16.6. The lowest BCUT2D eigenvalue weighted by molar-refractivity contribution is 0.102. The van der Waals surface area contributed by atoms with Gasteiger partial charge in [-0.3, -0.25) is 9.59 Å². The molecule has 0 atom stereocenters. The van der Waals surface area contributed by atoms with Gasteiger partial charge in [0, 0.05) is 29.1 Å². The van der Waals surface area contributed by atoms with Crippen LogP contribution in [0.2, 0.25) is 0 Å². The topological polar surface area (TPSA) is 92.7 Å². The molecule has 2 N–H and O–H groups in total. The van der Waals surface area contributed by atoms with Gasteiger partial charge in [-0.1, -0.05) is 54.6 Å². The fraction of sp³-hybridized carbons (Fsp3) is 0.0370. The highest BCUT2D eigenvalue weighted by molar-refractivity contribution is 6.08. The SMILES string of the molecule is Cc1ccccc1-c1nn(-c2ccccc2)cc1C(=O)Nc1cccc(-c2ccc(=O)[nH]n2)c1. The van der Waals surface area contributed by atoms with Gasteiger partial charge in [0.15, 0.2) is 0 Å². The largest absolute Gasteiger partial charge is 0.322 e. The first-order valence-electron chi connectivity index (χ1n) is 10.8. The molecule has 7 heteroatoms. The molecule has 0 spiro atoms. The van der Waals surface area contributed by atoms with Crippen LogP contribution in [0.4, 0.5) is 5.69 Å². The number of H-pyrrole nitrogens is 1. The van der Waals surface area contributed by atoms with Gasteiger partial charge < -0.3 is 5.32 Å². The molecule has 166 valence electrons. The van der Waals surface area contributed by atoms with Crippen LogP contribution in [0.1, 0.15) is 15.9 Å². The molecule has 0 aliphatic heterocycles. The van der Waals surface area contributed by atoms with Gasteiger partial charge >= 0.3 is 0 Å². The Kier molecular flexibility index (Phi) is 5.58. The summed E-state index contributed by atoms with van der Waals surface area (Å²) in [6.07, 6.45) is 1.75. The number of aromatic amines is 1. The minimum Gasteiger partial charge on any atom is -0.322 e. The third kappa shape index (κ3) is 4.27. The molecule has 2 aromatic heterocycles. The van der Waals surface area contributed by atoms with E-state index in [2.05, 4.69) is 15.5 Å². The minimum absolute atomic E-state index is 0.271. The van der Waals surface area contributed by atoms with Crippen molar-refractivity contribution in [1.82, 2.24) is 20.0 Å². The molecular weight excluding hydrogens is 426 g/mol. The number of aryl methyl sites for hydroxylation is 1. The summed E-state index contributed by atoms with van der Waals surface area (Å²) < 4.78 is 1.72. The first kappa shape index (κ1) is 21.1. The lowest BCUT2D eigenvalue weighted by Crippen LogP contribution is -2.12. The molecule has 0 unspecified atom stereocenters. The van der Waals surface area contributed by atoms with E-state index in [0.29, 0.717) is 22.6 Å². The van der Waals surface area contributed by atoms with Gasteiger partial charge in [0.2, 0.25) is 0 Å². The smallest absolute Gasteiger partial charge is 0.264 e. The maximum absolute atomic E-state index is 13.4. The van der Waals surface area contributed by atoms with Gasteiger partial charge in [0.25, 0.3) is 11.5 Å². The van der Waals surface area contributed by atoms with Crippen LogP contribution in [0.25, 0.3) is 28.2 Å². The Balaban J connectivity index is 1.52. The average Bonchev–Trinajstić information content (AvgIpc) is 3.31. The van der Waals surface area contributed by atoms with Crippen LogP contribution >= 0.6 is 0 Å². The maximum atomic E-state index is 13.4. The van der Waals surface area contributed by atoms with E-state index in [1.165, 1.54) is 6.07 Å². The Labute approximate surface area is 195 Å². The summed E-state index contributed by atoms with van der Waals surface area (Å²) in [4.78, 5) is 24.7. The zero-order valence-corrected chi connectivity index (χ0v) is 18.4. The van der Waals surface area contributed by atoms with Crippen molar-refractivity contribution >= 4 is 11.6 Å². The molecule has 0 fully saturated rings.